The number of aromatic nitrogens is 4. The highest BCUT2D eigenvalue weighted by Gasteiger charge is 2.11. The van der Waals surface area contributed by atoms with Crippen molar-refractivity contribution in [1.82, 2.24) is 24.9 Å². The van der Waals surface area contributed by atoms with Gasteiger partial charge in [-0.3, -0.25) is 14.4 Å². The van der Waals surface area contributed by atoms with Gasteiger partial charge in [0.15, 0.2) is 5.76 Å². The van der Waals surface area contributed by atoms with Gasteiger partial charge in [0.2, 0.25) is 0 Å². The van der Waals surface area contributed by atoms with Gasteiger partial charge in [0.25, 0.3) is 17.0 Å². The maximum absolute atomic E-state index is 12.5. The molecule has 0 spiro atoms. The van der Waals surface area contributed by atoms with E-state index in [0.717, 1.165) is 5.56 Å². The molecule has 3 aromatic heterocycles. The fourth-order valence-corrected chi connectivity index (χ4v) is 2.97. The number of hydrogen-bond donors (Lipinski definition) is 1. The van der Waals surface area contributed by atoms with Gasteiger partial charge in [-0.2, -0.15) is 10.2 Å². The predicted molar refractivity (Wildman–Crippen MR) is 113 cm³/mol. The van der Waals surface area contributed by atoms with Crippen LogP contribution >= 0.6 is 0 Å². The summed E-state index contributed by atoms with van der Waals surface area (Å²) in [6, 6.07) is 18.5. The molecular weight excluding hydrogens is 398 g/mol. The van der Waals surface area contributed by atoms with E-state index >= 15 is 0 Å². The molecule has 31 heavy (non-hydrogen) atoms. The molecule has 0 bridgehead atoms. The van der Waals surface area contributed by atoms with Crippen LogP contribution in [0.15, 0.2) is 87.0 Å². The first kappa shape index (κ1) is 20.0. The molecule has 0 unspecified atom stereocenters. The minimum Gasteiger partial charge on any atom is -0.463 e. The van der Waals surface area contributed by atoms with Gasteiger partial charge in [-0.25, -0.2) is 9.36 Å². The Morgan fingerprint density at radius 3 is 2.42 bits per heavy atom. The number of furan rings is 1. The van der Waals surface area contributed by atoms with Crippen LogP contribution in [0, 0.1) is 0 Å². The second kappa shape index (κ2) is 9.04. The molecule has 0 saturated heterocycles. The van der Waals surface area contributed by atoms with Crippen molar-refractivity contribution < 1.29 is 9.21 Å². The minimum atomic E-state index is -0.447. The summed E-state index contributed by atoms with van der Waals surface area (Å²) in [5.41, 5.74) is 0.937. The van der Waals surface area contributed by atoms with E-state index in [0.29, 0.717) is 11.5 Å². The number of nitrogens with one attached hydrogen (secondary N) is 1. The van der Waals surface area contributed by atoms with Crippen molar-refractivity contribution in [3.8, 4) is 11.5 Å². The molecule has 0 atom stereocenters. The summed E-state index contributed by atoms with van der Waals surface area (Å²) in [5.74, 6) is 0.0970. The van der Waals surface area contributed by atoms with E-state index in [4.69, 9.17) is 4.42 Å². The molecule has 1 N–H and O–H groups in total. The van der Waals surface area contributed by atoms with Crippen molar-refractivity contribution in [1.29, 1.82) is 0 Å². The van der Waals surface area contributed by atoms with Crippen molar-refractivity contribution in [2.75, 3.05) is 6.54 Å². The van der Waals surface area contributed by atoms with Gasteiger partial charge in [0.05, 0.1) is 19.4 Å². The Morgan fingerprint density at radius 2 is 1.65 bits per heavy atom. The Bertz CT molecular complexity index is 1290. The van der Waals surface area contributed by atoms with Crippen LogP contribution in [-0.2, 0) is 13.1 Å². The second-order valence-corrected chi connectivity index (χ2v) is 6.71. The lowest BCUT2D eigenvalue weighted by Gasteiger charge is -2.09. The van der Waals surface area contributed by atoms with Crippen LogP contribution in [0.2, 0.25) is 0 Å². The van der Waals surface area contributed by atoms with E-state index in [1.54, 1.807) is 18.2 Å². The Morgan fingerprint density at radius 1 is 0.871 bits per heavy atom. The first-order chi connectivity index (χ1) is 15.1. The Kier molecular flexibility index (Phi) is 5.84. The summed E-state index contributed by atoms with van der Waals surface area (Å²) in [7, 11) is 0. The molecular formula is C22H19N5O4. The van der Waals surface area contributed by atoms with E-state index < -0.39 is 5.91 Å². The van der Waals surface area contributed by atoms with Gasteiger partial charge in [-0.1, -0.05) is 30.3 Å². The lowest BCUT2D eigenvalue weighted by atomic mass is 10.2. The number of rotatable bonds is 7. The van der Waals surface area contributed by atoms with Gasteiger partial charge in [0, 0.05) is 18.7 Å². The molecule has 4 aromatic rings. The maximum Gasteiger partial charge on any atom is 0.271 e. The van der Waals surface area contributed by atoms with Crippen molar-refractivity contribution in [3.05, 3.63) is 105 Å². The molecule has 0 aliphatic rings. The van der Waals surface area contributed by atoms with Gasteiger partial charge in [-0.05, 0) is 29.8 Å². The number of carbonyl (C=O) groups is 1. The van der Waals surface area contributed by atoms with Crippen LogP contribution in [0.3, 0.4) is 0 Å². The normalized spacial score (nSPS) is 10.7. The molecule has 156 valence electrons. The Labute approximate surface area is 176 Å². The van der Waals surface area contributed by atoms with Crippen molar-refractivity contribution in [2.24, 2.45) is 0 Å². The lowest BCUT2D eigenvalue weighted by Crippen LogP contribution is -2.34. The van der Waals surface area contributed by atoms with Gasteiger partial charge >= 0.3 is 0 Å². The van der Waals surface area contributed by atoms with E-state index in [-0.39, 0.29) is 36.4 Å². The Balaban J connectivity index is 1.41. The average Bonchev–Trinajstić information content (AvgIpc) is 3.32. The first-order valence-electron chi connectivity index (χ1n) is 9.62. The minimum absolute atomic E-state index is 0.111. The number of carbonyl (C=O) groups excluding carboxylic acids is 1. The molecule has 1 aromatic carbocycles. The molecule has 3 heterocycles. The zero-order valence-corrected chi connectivity index (χ0v) is 16.5. The fourth-order valence-electron chi connectivity index (χ4n) is 2.97. The standard InChI is InChI=1S/C22H19N5O4/c28-20-10-8-17(19-7-4-14-31-19)24-26(20)13-12-23-22(30)18-9-11-21(29)27(25-18)15-16-5-2-1-3-6-16/h1-11,14H,12-13,15H2,(H,23,30). The third-order valence-corrected chi connectivity index (χ3v) is 4.52. The Hall–Kier alpha value is -4.27. The van der Waals surface area contributed by atoms with E-state index in [9.17, 15) is 14.4 Å². The van der Waals surface area contributed by atoms with Gasteiger partial charge in [-0.15, -0.1) is 0 Å². The monoisotopic (exact) mass is 417 g/mol. The van der Waals surface area contributed by atoms with Gasteiger partial charge in [0.1, 0.15) is 11.4 Å². The molecule has 0 fully saturated rings. The smallest absolute Gasteiger partial charge is 0.271 e. The summed E-state index contributed by atoms with van der Waals surface area (Å²) in [6.45, 7) is 0.593. The maximum atomic E-state index is 12.5. The van der Waals surface area contributed by atoms with Crippen LogP contribution in [-0.4, -0.2) is 32.0 Å². The van der Waals surface area contributed by atoms with E-state index in [1.165, 1.54) is 33.8 Å². The number of nitrogens with zero attached hydrogens (tertiary/aromatic N) is 4. The first-order valence-corrected chi connectivity index (χ1v) is 9.62. The predicted octanol–water partition coefficient (Wildman–Crippen LogP) is 1.54. The molecule has 1 amide bonds. The second-order valence-electron chi connectivity index (χ2n) is 6.71. The zero-order valence-electron chi connectivity index (χ0n) is 16.5. The van der Waals surface area contributed by atoms with Crippen LogP contribution in [0.5, 0.6) is 0 Å². The average molecular weight is 417 g/mol. The molecule has 9 nitrogen and oxygen atoms in total. The zero-order chi connectivity index (χ0) is 21.6. The number of benzene rings is 1. The molecule has 4 rings (SSSR count). The summed E-state index contributed by atoms with van der Waals surface area (Å²) >= 11 is 0. The third-order valence-electron chi connectivity index (χ3n) is 4.52. The van der Waals surface area contributed by atoms with Gasteiger partial charge < -0.3 is 9.73 Å². The van der Waals surface area contributed by atoms with Crippen molar-refractivity contribution >= 4 is 5.91 Å². The highest BCUT2D eigenvalue weighted by Crippen LogP contribution is 2.14. The van der Waals surface area contributed by atoms with E-state index in [1.807, 2.05) is 30.3 Å². The molecule has 0 aliphatic heterocycles. The van der Waals surface area contributed by atoms with E-state index in [2.05, 4.69) is 15.5 Å². The quantitative estimate of drug-likeness (QED) is 0.488. The van der Waals surface area contributed by atoms with Crippen LogP contribution in [0.1, 0.15) is 16.1 Å². The van der Waals surface area contributed by atoms with Crippen LogP contribution in [0.4, 0.5) is 0 Å². The summed E-state index contributed by atoms with van der Waals surface area (Å²) in [4.78, 5) is 36.6. The molecule has 9 heteroatoms. The van der Waals surface area contributed by atoms with Crippen LogP contribution in [0.25, 0.3) is 11.5 Å². The fraction of sp³-hybridized carbons (Fsp3) is 0.136. The third kappa shape index (κ3) is 4.84. The number of amides is 1. The topological polar surface area (TPSA) is 112 Å². The molecule has 0 saturated carbocycles. The molecule has 0 aliphatic carbocycles. The largest absolute Gasteiger partial charge is 0.463 e. The van der Waals surface area contributed by atoms with Crippen LogP contribution < -0.4 is 16.4 Å². The molecule has 0 radical (unpaired) electrons. The lowest BCUT2D eigenvalue weighted by molar-refractivity contribution is 0.0944. The summed E-state index contributed by atoms with van der Waals surface area (Å²) in [6.07, 6.45) is 1.52. The highest BCUT2D eigenvalue weighted by atomic mass is 16.3. The van der Waals surface area contributed by atoms with Crippen molar-refractivity contribution in [3.63, 3.8) is 0 Å². The SMILES string of the molecule is O=C(NCCn1nc(-c2ccco2)ccc1=O)c1ccc(=O)n(Cc2ccccc2)n1. The number of hydrogen-bond acceptors (Lipinski definition) is 6. The summed E-state index contributed by atoms with van der Waals surface area (Å²) in [5, 5.41) is 11.1. The van der Waals surface area contributed by atoms with Crippen molar-refractivity contribution in [2.45, 2.75) is 13.1 Å². The summed E-state index contributed by atoms with van der Waals surface area (Å²) < 4.78 is 7.79. The highest BCUT2D eigenvalue weighted by molar-refractivity contribution is 5.91.